The molecule has 0 saturated carbocycles. The molecule has 0 amide bonds. The van der Waals surface area contributed by atoms with Gasteiger partial charge in [0.05, 0.1) is 7.11 Å². The number of carbonyl (C=O) groups is 1. The van der Waals surface area contributed by atoms with E-state index in [1.165, 1.54) is 0 Å². The number of carbonyl (C=O) groups excluding carboxylic acids is 1. The number of methoxy groups -OCH3 is 1. The van der Waals surface area contributed by atoms with E-state index in [2.05, 4.69) is 4.99 Å². The zero-order chi connectivity index (χ0) is 18.5. The van der Waals surface area contributed by atoms with E-state index in [-0.39, 0.29) is 11.6 Å². The van der Waals surface area contributed by atoms with Gasteiger partial charge in [-0.1, -0.05) is 24.3 Å². The van der Waals surface area contributed by atoms with Gasteiger partial charge in [0.2, 0.25) is 5.90 Å². The molecule has 0 bridgehead atoms. The van der Waals surface area contributed by atoms with Crippen LogP contribution < -0.4 is 9.64 Å². The van der Waals surface area contributed by atoms with Crippen molar-refractivity contribution in [3.8, 4) is 5.75 Å². The van der Waals surface area contributed by atoms with E-state index in [4.69, 9.17) is 9.47 Å². The highest BCUT2D eigenvalue weighted by molar-refractivity contribution is 6.11. The number of ether oxygens (including phenoxy) is 2. The molecule has 0 N–H and O–H groups in total. The van der Waals surface area contributed by atoms with Gasteiger partial charge in [-0.15, -0.1) is 0 Å². The van der Waals surface area contributed by atoms with Gasteiger partial charge in [0, 0.05) is 25.9 Å². The van der Waals surface area contributed by atoms with Crippen molar-refractivity contribution in [2.45, 2.75) is 0 Å². The van der Waals surface area contributed by atoms with Crippen LogP contribution in [-0.4, -0.2) is 33.1 Å². The van der Waals surface area contributed by atoms with Crippen molar-refractivity contribution in [3.63, 3.8) is 0 Å². The second-order valence-electron chi connectivity index (χ2n) is 5.96. The Kier molecular flexibility index (Phi) is 5.17. The third-order valence-electron chi connectivity index (χ3n) is 3.88. The van der Waals surface area contributed by atoms with Crippen LogP contribution in [0, 0.1) is 0 Å². The summed E-state index contributed by atoms with van der Waals surface area (Å²) in [6, 6.07) is 15.4. The number of benzene rings is 2. The zero-order valence-electron chi connectivity index (χ0n) is 15.0. The first-order valence-electron chi connectivity index (χ1n) is 8.17. The molecule has 0 aromatic heterocycles. The number of aliphatic imine (C=N–C) groups is 1. The lowest BCUT2D eigenvalue weighted by atomic mass is 10.1. The van der Waals surface area contributed by atoms with Crippen LogP contribution in [0.5, 0.6) is 5.75 Å². The largest absolute Gasteiger partial charge is 0.497 e. The molecule has 0 aliphatic carbocycles. The first kappa shape index (κ1) is 17.5. The lowest BCUT2D eigenvalue weighted by molar-refractivity contribution is -0.129. The van der Waals surface area contributed by atoms with Crippen LogP contribution in [0.25, 0.3) is 12.2 Å². The molecule has 0 spiro atoms. The number of esters is 1. The number of rotatable bonds is 5. The van der Waals surface area contributed by atoms with Gasteiger partial charge in [0.15, 0.2) is 5.70 Å². The molecular formula is C21H20N2O3. The van der Waals surface area contributed by atoms with Crippen LogP contribution in [0.4, 0.5) is 5.69 Å². The van der Waals surface area contributed by atoms with E-state index in [9.17, 15) is 4.79 Å². The molecule has 3 rings (SSSR count). The smallest absolute Gasteiger partial charge is 0.363 e. The van der Waals surface area contributed by atoms with Crippen molar-refractivity contribution in [1.82, 2.24) is 0 Å². The van der Waals surface area contributed by atoms with Gasteiger partial charge in [0.1, 0.15) is 5.75 Å². The highest BCUT2D eigenvalue weighted by Gasteiger charge is 2.21. The minimum Gasteiger partial charge on any atom is -0.497 e. The number of anilines is 1. The lowest BCUT2D eigenvalue weighted by Crippen LogP contribution is -2.07. The second kappa shape index (κ2) is 7.70. The van der Waals surface area contributed by atoms with E-state index in [0.29, 0.717) is 0 Å². The van der Waals surface area contributed by atoms with Crippen molar-refractivity contribution in [2.24, 2.45) is 4.99 Å². The molecule has 0 unspecified atom stereocenters. The van der Waals surface area contributed by atoms with Gasteiger partial charge in [0.25, 0.3) is 0 Å². The Labute approximate surface area is 152 Å². The molecule has 1 heterocycles. The summed E-state index contributed by atoms with van der Waals surface area (Å²) in [5.41, 5.74) is 3.23. The molecule has 0 atom stereocenters. The van der Waals surface area contributed by atoms with Crippen LogP contribution in [0.3, 0.4) is 0 Å². The van der Waals surface area contributed by atoms with Crippen LogP contribution in [0.1, 0.15) is 11.1 Å². The molecule has 5 heteroatoms. The monoisotopic (exact) mass is 348 g/mol. The Balaban J connectivity index is 1.74. The Morgan fingerprint density at radius 3 is 2.23 bits per heavy atom. The minimum absolute atomic E-state index is 0.280. The van der Waals surface area contributed by atoms with Gasteiger partial charge in [-0.05, 0) is 47.5 Å². The quantitative estimate of drug-likeness (QED) is 0.610. The number of hydrogen-bond donors (Lipinski definition) is 0. The minimum atomic E-state index is -0.448. The first-order valence-corrected chi connectivity index (χ1v) is 8.17. The molecule has 1 aliphatic heterocycles. The van der Waals surface area contributed by atoms with Crippen LogP contribution in [-0.2, 0) is 9.53 Å². The fourth-order valence-corrected chi connectivity index (χ4v) is 2.41. The van der Waals surface area contributed by atoms with Crippen molar-refractivity contribution in [3.05, 3.63) is 71.4 Å². The lowest BCUT2D eigenvalue weighted by Gasteiger charge is -2.11. The Morgan fingerprint density at radius 1 is 0.962 bits per heavy atom. The highest BCUT2D eigenvalue weighted by atomic mass is 16.6. The van der Waals surface area contributed by atoms with Crippen LogP contribution >= 0.6 is 0 Å². The average molecular weight is 348 g/mol. The molecule has 2 aromatic rings. The molecule has 0 radical (unpaired) electrons. The second-order valence-corrected chi connectivity index (χ2v) is 5.96. The van der Waals surface area contributed by atoms with Crippen molar-refractivity contribution >= 4 is 29.7 Å². The van der Waals surface area contributed by atoms with Crippen LogP contribution in [0.15, 0.2) is 65.3 Å². The highest BCUT2D eigenvalue weighted by Crippen LogP contribution is 2.19. The Morgan fingerprint density at radius 2 is 1.62 bits per heavy atom. The number of nitrogens with zero attached hydrogens (tertiary/aromatic N) is 2. The summed E-state index contributed by atoms with van der Waals surface area (Å²) in [6.07, 6.45) is 5.23. The summed E-state index contributed by atoms with van der Waals surface area (Å²) < 4.78 is 10.3. The van der Waals surface area contributed by atoms with Gasteiger partial charge >= 0.3 is 5.97 Å². The SMILES string of the molecule is COc1ccc(C=CC2=NC(=Cc3ccc(N(C)C)cc3)C(=O)O2)cc1. The van der Waals surface area contributed by atoms with Crippen molar-refractivity contribution in [1.29, 1.82) is 0 Å². The maximum Gasteiger partial charge on any atom is 0.363 e. The fraction of sp³-hybridized carbons (Fsp3) is 0.143. The summed E-state index contributed by atoms with van der Waals surface area (Å²) in [5.74, 6) is 0.621. The van der Waals surface area contributed by atoms with Gasteiger partial charge in [-0.3, -0.25) is 0 Å². The Hall–Kier alpha value is -3.34. The molecule has 132 valence electrons. The van der Waals surface area contributed by atoms with E-state index >= 15 is 0 Å². The maximum atomic E-state index is 12.0. The van der Waals surface area contributed by atoms with Gasteiger partial charge in [-0.2, -0.15) is 0 Å². The van der Waals surface area contributed by atoms with Gasteiger partial charge in [-0.25, -0.2) is 9.79 Å². The topological polar surface area (TPSA) is 51.1 Å². The van der Waals surface area contributed by atoms with E-state index in [1.807, 2.05) is 73.6 Å². The van der Waals surface area contributed by atoms with E-state index in [1.54, 1.807) is 19.3 Å². The zero-order valence-corrected chi connectivity index (χ0v) is 15.0. The summed E-state index contributed by atoms with van der Waals surface area (Å²) in [4.78, 5) is 18.3. The van der Waals surface area contributed by atoms with Crippen LogP contribution in [0.2, 0.25) is 0 Å². The van der Waals surface area contributed by atoms with Crippen molar-refractivity contribution in [2.75, 3.05) is 26.1 Å². The summed E-state index contributed by atoms with van der Waals surface area (Å²) in [6.45, 7) is 0. The summed E-state index contributed by atoms with van der Waals surface area (Å²) in [5, 5.41) is 0. The predicted molar refractivity (Wildman–Crippen MR) is 104 cm³/mol. The molecule has 1 aliphatic rings. The summed E-state index contributed by atoms with van der Waals surface area (Å²) >= 11 is 0. The standard InChI is InChI=1S/C21H20N2O3/c1-23(2)17-9-4-16(5-10-17)14-19-21(24)26-20(22-19)13-8-15-6-11-18(25-3)12-7-15/h4-14H,1-3H3. The molecule has 2 aromatic carbocycles. The number of hydrogen-bond acceptors (Lipinski definition) is 5. The van der Waals surface area contributed by atoms with E-state index in [0.717, 1.165) is 22.6 Å². The maximum absolute atomic E-state index is 12.0. The molecule has 26 heavy (non-hydrogen) atoms. The summed E-state index contributed by atoms with van der Waals surface area (Å²) in [7, 11) is 5.58. The molecular weight excluding hydrogens is 328 g/mol. The third kappa shape index (κ3) is 4.19. The fourth-order valence-electron chi connectivity index (χ4n) is 2.41. The molecule has 5 nitrogen and oxygen atoms in total. The molecule has 0 saturated heterocycles. The molecule has 0 fully saturated rings. The average Bonchev–Trinajstić information content (AvgIpc) is 3.00. The van der Waals surface area contributed by atoms with Gasteiger partial charge < -0.3 is 14.4 Å². The third-order valence-corrected chi connectivity index (χ3v) is 3.88. The number of cyclic esters (lactones) is 1. The predicted octanol–water partition coefficient (Wildman–Crippen LogP) is 3.77. The Bertz CT molecular complexity index is 876. The normalized spacial score (nSPS) is 15.3. The first-order chi connectivity index (χ1) is 12.5. The van der Waals surface area contributed by atoms with E-state index < -0.39 is 5.97 Å². The van der Waals surface area contributed by atoms with Crippen molar-refractivity contribution < 1.29 is 14.3 Å².